The van der Waals surface area contributed by atoms with Crippen LogP contribution in [-0.2, 0) is 4.79 Å². The van der Waals surface area contributed by atoms with E-state index in [9.17, 15) is 4.79 Å². The molecule has 1 heterocycles. The molecular weight excluding hydrogens is 264 g/mol. The zero-order valence-electron chi connectivity index (χ0n) is 13.3. The fourth-order valence-electron chi connectivity index (χ4n) is 2.61. The van der Waals surface area contributed by atoms with Gasteiger partial charge in [-0.15, -0.1) is 0 Å². The van der Waals surface area contributed by atoms with Crippen molar-refractivity contribution in [3.8, 4) is 5.75 Å². The Hall–Kier alpha value is -1.55. The predicted octanol–water partition coefficient (Wildman–Crippen LogP) is 2.22. The first-order chi connectivity index (χ1) is 10.1. The number of carbonyl (C=O) groups is 1. The van der Waals surface area contributed by atoms with E-state index < -0.39 is 0 Å². The van der Waals surface area contributed by atoms with Crippen molar-refractivity contribution < 1.29 is 9.53 Å². The highest BCUT2D eigenvalue weighted by atomic mass is 16.5. The van der Waals surface area contributed by atoms with Crippen molar-refractivity contribution in [3.63, 3.8) is 0 Å². The molecular formula is C17H26N2O2. The first-order valence-electron chi connectivity index (χ1n) is 7.73. The fraction of sp³-hybridized carbons (Fsp3) is 0.588. The van der Waals surface area contributed by atoms with E-state index in [1.807, 2.05) is 38.1 Å². The van der Waals surface area contributed by atoms with Crippen LogP contribution in [0.25, 0.3) is 0 Å². The molecule has 4 heteroatoms. The zero-order valence-corrected chi connectivity index (χ0v) is 13.3. The monoisotopic (exact) mass is 290 g/mol. The molecule has 0 spiro atoms. The van der Waals surface area contributed by atoms with Crippen LogP contribution in [0.2, 0.25) is 0 Å². The van der Waals surface area contributed by atoms with Crippen molar-refractivity contribution in [1.29, 1.82) is 0 Å². The lowest BCUT2D eigenvalue weighted by Crippen LogP contribution is -2.43. The average molecular weight is 290 g/mol. The average Bonchev–Trinajstić information content (AvgIpc) is 2.47. The van der Waals surface area contributed by atoms with Crippen molar-refractivity contribution in [2.45, 2.75) is 32.7 Å². The number of hydrogen-bond acceptors (Lipinski definition) is 3. The van der Waals surface area contributed by atoms with Gasteiger partial charge in [0, 0.05) is 5.92 Å². The van der Waals surface area contributed by atoms with E-state index in [0.29, 0.717) is 6.61 Å². The molecule has 1 aromatic rings. The largest absolute Gasteiger partial charge is 0.491 e. The van der Waals surface area contributed by atoms with E-state index in [0.717, 1.165) is 37.2 Å². The fourth-order valence-corrected chi connectivity index (χ4v) is 2.61. The SMILES string of the molecule is Cc1ccccc1OC[C@H](C)NC(=O)C1CCN(C)CC1. The van der Waals surface area contributed by atoms with Crippen LogP contribution in [0.3, 0.4) is 0 Å². The second kappa shape index (κ2) is 7.46. The first kappa shape index (κ1) is 15.8. The highest BCUT2D eigenvalue weighted by Crippen LogP contribution is 2.17. The summed E-state index contributed by atoms with van der Waals surface area (Å²) in [5.41, 5.74) is 1.12. The lowest BCUT2D eigenvalue weighted by Gasteiger charge is -2.29. The molecule has 2 rings (SSSR count). The molecule has 0 aliphatic carbocycles. The smallest absolute Gasteiger partial charge is 0.223 e. The third kappa shape index (κ3) is 4.74. The molecule has 21 heavy (non-hydrogen) atoms. The van der Waals surface area contributed by atoms with Gasteiger partial charge < -0.3 is 15.0 Å². The molecule has 1 aliphatic rings. The normalized spacial score (nSPS) is 18.2. The molecule has 1 aliphatic heterocycles. The van der Waals surface area contributed by atoms with Gasteiger partial charge in [0.2, 0.25) is 5.91 Å². The summed E-state index contributed by atoms with van der Waals surface area (Å²) in [6, 6.07) is 7.96. The quantitative estimate of drug-likeness (QED) is 0.904. The van der Waals surface area contributed by atoms with Gasteiger partial charge in [0.05, 0.1) is 6.04 Å². The number of piperidine rings is 1. The molecule has 0 radical (unpaired) electrons. The molecule has 1 fully saturated rings. The van der Waals surface area contributed by atoms with Crippen molar-refractivity contribution in [1.82, 2.24) is 10.2 Å². The van der Waals surface area contributed by atoms with Gasteiger partial charge in [0.25, 0.3) is 0 Å². The van der Waals surface area contributed by atoms with Gasteiger partial charge in [-0.25, -0.2) is 0 Å². The van der Waals surface area contributed by atoms with E-state index in [1.165, 1.54) is 0 Å². The Morgan fingerprint density at radius 2 is 2.05 bits per heavy atom. The van der Waals surface area contributed by atoms with Crippen LogP contribution in [0.4, 0.5) is 0 Å². The van der Waals surface area contributed by atoms with Crippen LogP contribution < -0.4 is 10.1 Å². The summed E-state index contributed by atoms with van der Waals surface area (Å²) < 4.78 is 5.78. The third-order valence-electron chi connectivity index (χ3n) is 4.06. The van der Waals surface area contributed by atoms with E-state index in [4.69, 9.17) is 4.74 Å². The van der Waals surface area contributed by atoms with Gasteiger partial charge in [-0.05, 0) is 58.5 Å². The lowest BCUT2D eigenvalue weighted by molar-refractivity contribution is -0.127. The van der Waals surface area contributed by atoms with Crippen LogP contribution in [0.5, 0.6) is 5.75 Å². The summed E-state index contributed by atoms with van der Waals surface area (Å²) in [5.74, 6) is 1.21. The number of hydrogen-bond donors (Lipinski definition) is 1. The Labute approximate surface area is 127 Å². The Morgan fingerprint density at radius 1 is 1.38 bits per heavy atom. The highest BCUT2D eigenvalue weighted by Gasteiger charge is 2.24. The Kier molecular flexibility index (Phi) is 5.62. The van der Waals surface area contributed by atoms with Crippen molar-refractivity contribution in [3.05, 3.63) is 29.8 Å². The number of rotatable bonds is 5. The molecule has 1 N–H and O–H groups in total. The van der Waals surface area contributed by atoms with Crippen molar-refractivity contribution in [2.75, 3.05) is 26.7 Å². The van der Waals surface area contributed by atoms with Gasteiger partial charge >= 0.3 is 0 Å². The minimum atomic E-state index is 0.0248. The Balaban J connectivity index is 1.75. The number of para-hydroxylation sites is 1. The molecule has 1 amide bonds. The Bertz CT molecular complexity index is 468. The second-order valence-corrected chi connectivity index (χ2v) is 6.06. The van der Waals surface area contributed by atoms with Crippen molar-refractivity contribution >= 4 is 5.91 Å². The van der Waals surface area contributed by atoms with E-state index in [1.54, 1.807) is 0 Å². The first-order valence-corrected chi connectivity index (χ1v) is 7.73. The molecule has 0 bridgehead atoms. The van der Waals surface area contributed by atoms with Gasteiger partial charge in [-0.1, -0.05) is 18.2 Å². The molecule has 0 aromatic heterocycles. The number of benzene rings is 1. The van der Waals surface area contributed by atoms with Gasteiger partial charge in [0.1, 0.15) is 12.4 Å². The highest BCUT2D eigenvalue weighted by molar-refractivity contribution is 5.79. The third-order valence-corrected chi connectivity index (χ3v) is 4.06. The Morgan fingerprint density at radius 3 is 2.71 bits per heavy atom. The molecule has 0 unspecified atom stereocenters. The number of carbonyl (C=O) groups excluding carboxylic acids is 1. The van der Waals surface area contributed by atoms with Crippen LogP contribution in [0.1, 0.15) is 25.3 Å². The van der Waals surface area contributed by atoms with Gasteiger partial charge in [0.15, 0.2) is 0 Å². The number of amides is 1. The summed E-state index contributed by atoms with van der Waals surface area (Å²) >= 11 is 0. The maximum atomic E-state index is 12.2. The molecule has 0 saturated carbocycles. The van der Waals surface area contributed by atoms with Gasteiger partial charge in [-0.2, -0.15) is 0 Å². The lowest BCUT2D eigenvalue weighted by atomic mass is 9.96. The molecule has 1 saturated heterocycles. The summed E-state index contributed by atoms with van der Waals surface area (Å²) in [6.07, 6.45) is 1.90. The number of aryl methyl sites for hydroxylation is 1. The maximum absolute atomic E-state index is 12.2. The standard InChI is InChI=1S/C17H26N2O2/c1-13-6-4-5-7-16(13)21-12-14(2)18-17(20)15-8-10-19(3)11-9-15/h4-7,14-15H,8-12H2,1-3H3,(H,18,20)/t14-/m0/s1. The van der Waals surface area contributed by atoms with Gasteiger partial charge in [-0.3, -0.25) is 4.79 Å². The van der Waals surface area contributed by atoms with E-state index in [2.05, 4.69) is 17.3 Å². The number of ether oxygens (including phenoxy) is 1. The summed E-state index contributed by atoms with van der Waals surface area (Å²) in [5, 5.41) is 3.07. The topological polar surface area (TPSA) is 41.6 Å². The second-order valence-electron chi connectivity index (χ2n) is 6.06. The summed E-state index contributed by atoms with van der Waals surface area (Å²) in [4.78, 5) is 14.5. The van der Waals surface area contributed by atoms with Crippen molar-refractivity contribution in [2.24, 2.45) is 5.92 Å². The number of nitrogens with one attached hydrogen (secondary N) is 1. The summed E-state index contributed by atoms with van der Waals surface area (Å²) in [6.45, 7) is 6.53. The number of nitrogens with zero attached hydrogens (tertiary/aromatic N) is 1. The van der Waals surface area contributed by atoms with Crippen LogP contribution in [0.15, 0.2) is 24.3 Å². The van der Waals surface area contributed by atoms with E-state index >= 15 is 0 Å². The minimum Gasteiger partial charge on any atom is -0.491 e. The molecule has 4 nitrogen and oxygen atoms in total. The van der Waals surface area contributed by atoms with Crippen LogP contribution in [-0.4, -0.2) is 43.6 Å². The van der Waals surface area contributed by atoms with E-state index in [-0.39, 0.29) is 17.9 Å². The summed E-state index contributed by atoms with van der Waals surface area (Å²) in [7, 11) is 2.10. The van der Waals surface area contributed by atoms with Crippen LogP contribution in [0, 0.1) is 12.8 Å². The number of likely N-dealkylation sites (tertiary alicyclic amines) is 1. The molecule has 1 aromatic carbocycles. The predicted molar refractivity (Wildman–Crippen MR) is 84.5 cm³/mol. The van der Waals surface area contributed by atoms with Crippen LogP contribution >= 0.6 is 0 Å². The zero-order chi connectivity index (χ0) is 15.2. The molecule has 1 atom stereocenters. The maximum Gasteiger partial charge on any atom is 0.223 e. The molecule has 116 valence electrons. The minimum absolute atomic E-state index is 0.0248.